The molecule has 0 amide bonds. The Bertz CT molecular complexity index is 429. The number of hydrogen-bond donors (Lipinski definition) is 0. The van der Waals surface area contributed by atoms with Crippen LogP contribution in [-0.4, -0.2) is 10.4 Å². The molecule has 0 saturated heterocycles. The van der Waals surface area contributed by atoms with Gasteiger partial charge in [-0.2, -0.15) is 0 Å². The predicted octanol–water partition coefficient (Wildman–Crippen LogP) is 0.0733. The van der Waals surface area contributed by atoms with Crippen molar-refractivity contribution in [3.63, 3.8) is 0 Å². The third-order valence-corrected chi connectivity index (χ3v) is 1.65. The smallest absolute Gasteiger partial charge is 0.271 e. The molecular formula is C7H4ClN3O2. The average molecular weight is 198 g/mol. The minimum atomic E-state index is -0.736. The molecule has 0 saturated carbocycles. The van der Waals surface area contributed by atoms with Gasteiger partial charge in [0.15, 0.2) is 0 Å². The summed E-state index contributed by atoms with van der Waals surface area (Å²) >= 11 is 5.72. The van der Waals surface area contributed by atoms with Crippen molar-refractivity contribution in [3.05, 3.63) is 29.3 Å². The van der Waals surface area contributed by atoms with Crippen LogP contribution in [-0.2, 0) is 0 Å². The highest BCUT2D eigenvalue weighted by atomic mass is 35.5. The second-order valence-corrected chi connectivity index (χ2v) is 2.74. The van der Waals surface area contributed by atoms with Crippen LogP contribution >= 0.6 is 11.6 Å². The molecule has 2 aromatic rings. The van der Waals surface area contributed by atoms with E-state index in [4.69, 9.17) is 11.6 Å². The first-order valence-electron chi connectivity index (χ1n) is 3.45. The average Bonchev–Trinajstić information content (AvgIpc) is 2.52. The van der Waals surface area contributed by atoms with Crippen molar-refractivity contribution in [3.8, 4) is 11.8 Å². The molecule has 0 N–H and O–H groups in total. The Hall–Kier alpha value is -1.62. The van der Waals surface area contributed by atoms with Crippen LogP contribution in [0.2, 0.25) is 5.02 Å². The van der Waals surface area contributed by atoms with Gasteiger partial charge < -0.3 is 9.63 Å². The standard InChI is InChI=1S/C7H4ClN3O2/c8-5-2-1-3-6(4-5)11-9-7(12)13-10-11/h1-4H. The molecule has 0 fully saturated rings. The number of aromatic nitrogens is 3. The molecule has 0 atom stereocenters. The number of rotatable bonds is 1. The third-order valence-electron chi connectivity index (χ3n) is 1.41. The molecular weight excluding hydrogens is 194 g/mol. The third kappa shape index (κ3) is 1.59. The van der Waals surface area contributed by atoms with Gasteiger partial charge in [0.05, 0.1) is 9.90 Å². The van der Waals surface area contributed by atoms with E-state index in [-0.39, 0.29) is 0 Å². The Kier molecular flexibility index (Phi) is 1.86. The van der Waals surface area contributed by atoms with Crippen LogP contribution in [0, 0.1) is 0 Å². The minimum absolute atomic E-state index is 0.544. The molecule has 5 nitrogen and oxygen atoms in total. The molecule has 13 heavy (non-hydrogen) atoms. The largest absolute Gasteiger partial charge is 0.523 e. The van der Waals surface area contributed by atoms with Crippen LogP contribution in [0.25, 0.3) is 5.69 Å². The molecule has 2 rings (SSSR count). The topological polar surface area (TPSA) is 65.9 Å². The van der Waals surface area contributed by atoms with Crippen LogP contribution in [0.15, 0.2) is 28.8 Å². The molecule has 6 heteroatoms. The van der Waals surface area contributed by atoms with Crippen molar-refractivity contribution in [2.24, 2.45) is 0 Å². The first-order valence-corrected chi connectivity index (χ1v) is 3.83. The number of halogens is 1. The van der Waals surface area contributed by atoms with E-state index in [0.29, 0.717) is 10.7 Å². The monoisotopic (exact) mass is 197 g/mol. The Morgan fingerprint density at radius 3 is 2.92 bits per heavy atom. The highest BCUT2D eigenvalue weighted by Crippen LogP contribution is 2.09. The fourth-order valence-electron chi connectivity index (χ4n) is 0.893. The van der Waals surface area contributed by atoms with E-state index in [1.165, 1.54) is 0 Å². The molecule has 0 bridgehead atoms. The molecule has 0 aliphatic carbocycles. The van der Waals surface area contributed by atoms with Gasteiger partial charge in [0, 0.05) is 17.2 Å². The van der Waals surface area contributed by atoms with Gasteiger partial charge in [-0.3, -0.25) is 0 Å². The van der Waals surface area contributed by atoms with Crippen molar-refractivity contribution in [2.75, 3.05) is 0 Å². The van der Waals surface area contributed by atoms with Crippen LogP contribution in [0.1, 0.15) is 0 Å². The summed E-state index contributed by atoms with van der Waals surface area (Å²) in [5.41, 5.74) is 0.582. The van der Waals surface area contributed by atoms with Gasteiger partial charge in [0.1, 0.15) is 5.27 Å². The lowest BCUT2D eigenvalue weighted by atomic mass is 10.3. The van der Waals surface area contributed by atoms with E-state index < -0.39 is 6.08 Å². The van der Waals surface area contributed by atoms with Gasteiger partial charge in [0.2, 0.25) is 6.08 Å². The molecule has 0 aliphatic rings. The van der Waals surface area contributed by atoms with E-state index in [1.807, 2.05) is 0 Å². The molecule has 1 aromatic heterocycles. The van der Waals surface area contributed by atoms with Gasteiger partial charge in [-0.1, -0.05) is 17.7 Å². The highest BCUT2D eigenvalue weighted by Gasteiger charge is 2.10. The second-order valence-electron chi connectivity index (χ2n) is 2.31. The molecule has 1 heterocycles. The van der Waals surface area contributed by atoms with E-state index in [2.05, 4.69) is 14.9 Å². The zero-order valence-electron chi connectivity index (χ0n) is 6.35. The Labute approximate surface area is 78.1 Å². The van der Waals surface area contributed by atoms with Gasteiger partial charge in [-0.25, -0.2) is 0 Å². The van der Waals surface area contributed by atoms with Crippen LogP contribution in [0.3, 0.4) is 0 Å². The summed E-state index contributed by atoms with van der Waals surface area (Å²) in [7, 11) is 0. The van der Waals surface area contributed by atoms with Gasteiger partial charge in [-0.15, -0.1) is 0 Å². The SMILES string of the molecule is [O-]c1n[n+](-c2cccc(Cl)c2)no1. The fraction of sp³-hybridized carbons (Fsp3) is 0. The van der Waals surface area contributed by atoms with Crippen LogP contribution in [0.4, 0.5) is 0 Å². The lowest BCUT2D eigenvalue weighted by molar-refractivity contribution is -0.726. The lowest BCUT2D eigenvalue weighted by Gasteiger charge is -1.86. The molecule has 1 aromatic carbocycles. The predicted molar refractivity (Wildman–Crippen MR) is 40.3 cm³/mol. The van der Waals surface area contributed by atoms with E-state index in [1.54, 1.807) is 24.3 Å². The van der Waals surface area contributed by atoms with Crippen molar-refractivity contribution in [1.29, 1.82) is 0 Å². The summed E-state index contributed by atoms with van der Waals surface area (Å²) in [5.74, 6) is 0. The number of hydrogen-bond acceptors (Lipinski definition) is 4. The van der Waals surface area contributed by atoms with Gasteiger partial charge >= 0.3 is 0 Å². The summed E-state index contributed by atoms with van der Waals surface area (Å²) in [6.45, 7) is 0. The summed E-state index contributed by atoms with van der Waals surface area (Å²) in [5, 5.41) is 17.9. The summed E-state index contributed by atoms with van der Waals surface area (Å²) in [4.78, 5) is 1.08. The van der Waals surface area contributed by atoms with Gasteiger partial charge in [0.25, 0.3) is 5.69 Å². The quantitative estimate of drug-likeness (QED) is 0.607. The molecule has 0 unspecified atom stereocenters. The van der Waals surface area contributed by atoms with E-state index >= 15 is 0 Å². The van der Waals surface area contributed by atoms with Crippen molar-refractivity contribution >= 4 is 11.6 Å². The zero-order chi connectivity index (χ0) is 9.26. The summed E-state index contributed by atoms with van der Waals surface area (Å²) < 4.78 is 4.26. The normalized spacial score (nSPS) is 10.2. The summed E-state index contributed by atoms with van der Waals surface area (Å²) in [6, 6.07) is 6.77. The Morgan fingerprint density at radius 2 is 2.31 bits per heavy atom. The molecule has 0 spiro atoms. The fourth-order valence-corrected chi connectivity index (χ4v) is 1.08. The maximum atomic E-state index is 10.6. The first-order chi connectivity index (χ1) is 6.25. The minimum Gasteiger partial charge on any atom is -0.523 e. The molecule has 0 aliphatic heterocycles. The highest BCUT2D eigenvalue weighted by molar-refractivity contribution is 6.30. The summed E-state index contributed by atoms with van der Waals surface area (Å²) in [6.07, 6.45) is -0.736. The van der Waals surface area contributed by atoms with Crippen LogP contribution in [0.5, 0.6) is 6.08 Å². The van der Waals surface area contributed by atoms with Gasteiger partial charge in [-0.05, 0) is 6.07 Å². The van der Waals surface area contributed by atoms with Crippen molar-refractivity contribution in [2.45, 2.75) is 0 Å². The van der Waals surface area contributed by atoms with E-state index in [9.17, 15) is 5.11 Å². The van der Waals surface area contributed by atoms with Crippen molar-refractivity contribution < 1.29 is 14.4 Å². The van der Waals surface area contributed by atoms with Crippen molar-refractivity contribution in [1.82, 2.24) is 10.4 Å². The van der Waals surface area contributed by atoms with Crippen LogP contribution < -0.4 is 9.90 Å². The van der Waals surface area contributed by atoms with E-state index in [0.717, 1.165) is 4.80 Å². The second kappa shape index (κ2) is 3.02. The number of benzene rings is 1. The molecule has 0 radical (unpaired) electrons. The number of nitrogens with zero attached hydrogens (tertiary/aromatic N) is 3. The Morgan fingerprint density at radius 1 is 1.46 bits per heavy atom. The lowest BCUT2D eigenvalue weighted by Crippen LogP contribution is -2.35. The maximum Gasteiger partial charge on any atom is 0.271 e. The Balaban J connectivity index is 2.46. The molecule has 66 valence electrons. The maximum absolute atomic E-state index is 10.6. The zero-order valence-corrected chi connectivity index (χ0v) is 7.10. The first kappa shape index (κ1) is 8.00.